The number of rotatable bonds is 7. The first-order chi connectivity index (χ1) is 12.9. The molecule has 0 bridgehead atoms. The zero-order valence-electron chi connectivity index (χ0n) is 15.8. The van der Waals surface area contributed by atoms with Gasteiger partial charge in [0.15, 0.2) is 0 Å². The predicted octanol–water partition coefficient (Wildman–Crippen LogP) is 1.82. The van der Waals surface area contributed by atoms with Gasteiger partial charge in [0.2, 0.25) is 10.0 Å². The van der Waals surface area contributed by atoms with Crippen LogP contribution in [0.5, 0.6) is 5.75 Å². The third kappa shape index (κ3) is 5.18. The van der Waals surface area contributed by atoms with Gasteiger partial charge in [0.1, 0.15) is 23.1 Å². The molecular weight excluding hydrogens is 364 g/mol. The molecule has 1 saturated heterocycles. The number of likely N-dealkylation sites (N-methyl/N-ethyl adjacent to an activating group) is 1. The number of nitrogens with zero attached hydrogens (tertiary/aromatic N) is 3. The minimum absolute atomic E-state index is 0.230. The van der Waals surface area contributed by atoms with Crippen molar-refractivity contribution in [2.75, 3.05) is 51.7 Å². The largest absolute Gasteiger partial charge is 0.492 e. The van der Waals surface area contributed by atoms with Crippen molar-refractivity contribution in [1.29, 1.82) is 0 Å². The first kappa shape index (κ1) is 19.6. The normalized spacial score (nSPS) is 16.2. The van der Waals surface area contributed by atoms with Crippen LogP contribution >= 0.6 is 0 Å². The van der Waals surface area contributed by atoms with Gasteiger partial charge < -0.3 is 15.0 Å². The van der Waals surface area contributed by atoms with E-state index in [2.05, 4.69) is 15.2 Å². The highest BCUT2D eigenvalue weighted by Gasteiger charge is 2.27. The Labute approximate surface area is 161 Å². The molecule has 0 amide bonds. The van der Waals surface area contributed by atoms with Gasteiger partial charge in [-0.3, -0.25) is 0 Å². The number of sulfonamides is 1. The van der Waals surface area contributed by atoms with Crippen molar-refractivity contribution < 1.29 is 13.2 Å². The van der Waals surface area contributed by atoms with Gasteiger partial charge in [-0.25, -0.2) is 13.4 Å². The van der Waals surface area contributed by atoms with E-state index in [1.54, 1.807) is 12.1 Å². The molecule has 0 atom stereocenters. The molecule has 1 fully saturated rings. The summed E-state index contributed by atoms with van der Waals surface area (Å²) in [7, 11) is -1.48. The van der Waals surface area contributed by atoms with Crippen molar-refractivity contribution in [1.82, 2.24) is 14.2 Å². The van der Waals surface area contributed by atoms with Crippen LogP contribution in [0.25, 0.3) is 0 Å². The van der Waals surface area contributed by atoms with Crippen LogP contribution in [0.2, 0.25) is 0 Å². The maximum Gasteiger partial charge on any atom is 0.244 e. The number of pyridine rings is 1. The fourth-order valence-electron chi connectivity index (χ4n) is 2.80. The molecule has 1 N–H and O–H groups in total. The fraction of sp³-hybridized carbons (Fsp3) is 0.421. The Morgan fingerprint density at radius 3 is 2.41 bits per heavy atom. The minimum atomic E-state index is -3.48. The topological polar surface area (TPSA) is 74.8 Å². The standard InChI is InChI=1S/C19H26N4O3S/c1-16-3-5-17(6-4-16)26-14-9-20-19-8-7-18(15-21-19)27(24,25)23-12-10-22(2)11-13-23/h3-8,15H,9-14H2,1-2H3,(H,20,21). The van der Waals surface area contributed by atoms with Crippen LogP contribution in [0.1, 0.15) is 5.56 Å². The molecule has 1 aromatic carbocycles. The molecule has 1 aromatic heterocycles. The van der Waals surface area contributed by atoms with Crippen molar-refractivity contribution in [2.24, 2.45) is 0 Å². The molecule has 0 radical (unpaired) electrons. The lowest BCUT2D eigenvalue weighted by Crippen LogP contribution is -2.47. The van der Waals surface area contributed by atoms with Crippen LogP contribution in [-0.4, -0.2) is 69.0 Å². The summed E-state index contributed by atoms with van der Waals surface area (Å²) < 4.78 is 32.5. The van der Waals surface area contributed by atoms with E-state index in [1.165, 1.54) is 16.1 Å². The summed E-state index contributed by atoms with van der Waals surface area (Å²) in [5.74, 6) is 1.45. The molecule has 146 valence electrons. The molecule has 2 aromatic rings. The summed E-state index contributed by atoms with van der Waals surface area (Å²) in [4.78, 5) is 6.58. The number of anilines is 1. The van der Waals surface area contributed by atoms with E-state index in [9.17, 15) is 8.42 Å². The van der Waals surface area contributed by atoms with Crippen LogP contribution in [0.4, 0.5) is 5.82 Å². The average Bonchev–Trinajstić information content (AvgIpc) is 2.67. The second kappa shape index (κ2) is 8.69. The number of hydrogen-bond donors (Lipinski definition) is 1. The predicted molar refractivity (Wildman–Crippen MR) is 106 cm³/mol. The lowest BCUT2D eigenvalue weighted by atomic mass is 10.2. The Kier molecular flexibility index (Phi) is 6.30. The molecule has 7 nitrogen and oxygen atoms in total. The maximum absolute atomic E-state index is 12.7. The van der Waals surface area contributed by atoms with Crippen LogP contribution < -0.4 is 10.1 Å². The number of piperazine rings is 1. The van der Waals surface area contributed by atoms with Crippen molar-refractivity contribution in [3.63, 3.8) is 0 Å². The third-order valence-electron chi connectivity index (χ3n) is 4.53. The van der Waals surface area contributed by atoms with Gasteiger partial charge >= 0.3 is 0 Å². The van der Waals surface area contributed by atoms with E-state index in [-0.39, 0.29) is 4.90 Å². The molecule has 2 heterocycles. The number of ether oxygens (including phenoxy) is 1. The van der Waals surface area contributed by atoms with Gasteiger partial charge in [-0.2, -0.15) is 4.31 Å². The highest BCUT2D eigenvalue weighted by atomic mass is 32.2. The first-order valence-electron chi connectivity index (χ1n) is 9.03. The van der Waals surface area contributed by atoms with Gasteiger partial charge in [0, 0.05) is 32.4 Å². The second-order valence-electron chi connectivity index (χ2n) is 6.67. The molecule has 0 saturated carbocycles. The highest BCUT2D eigenvalue weighted by Crippen LogP contribution is 2.18. The molecule has 0 aliphatic carbocycles. The number of aryl methyl sites for hydroxylation is 1. The molecule has 27 heavy (non-hydrogen) atoms. The van der Waals surface area contributed by atoms with Crippen LogP contribution in [-0.2, 0) is 10.0 Å². The molecule has 0 unspecified atom stereocenters. The number of nitrogens with one attached hydrogen (secondary N) is 1. The van der Waals surface area contributed by atoms with Crippen molar-refractivity contribution in [3.8, 4) is 5.75 Å². The molecule has 1 aliphatic rings. The fourth-order valence-corrected chi connectivity index (χ4v) is 4.17. The summed E-state index contributed by atoms with van der Waals surface area (Å²) in [5, 5.41) is 3.14. The third-order valence-corrected chi connectivity index (χ3v) is 6.42. The average molecular weight is 391 g/mol. The molecule has 8 heteroatoms. The van der Waals surface area contributed by atoms with Gasteiger partial charge in [0.05, 0.1) is 6.54 Å². The molecular formula is C19H26N4O3S. The van der Waals surface area contributed by atoms with E-state index in [4.69, 9.17) is 4.74 Å². The van der Waals surface area contributed by atoms with Crippen molar-refractivity contribution in [3.05, 3.63) is 48.2 Å². The van der Waals surface area contributed by atoms with Gasteiger partial charge in [-0.1, -0.05) is 17.7 Å². The minimum Gasteiger partial charge on any atom is -0.492 e. The second-order valence-corrected chi connectivity index (χ2v) is 8.61. The number of benzene rings is 1. The zero-order chi connectivity index (χ0) is 19.3. The highest BCUT2D eigenvalue weighted by molar-refractivity contribution is 7.89. The van der Waals surface area contributed by atoms with E-state index >= 15 is 0 Å². The lowest BCUT2D eigenvalue weighted by Gasteiger charge is -2.31. The van der Waals surface area contributed by atoms with Crippen LogP contribution in [0.3, 0.4) is 0 Å². The maximum atomic E-state index is 12.7. The van der Waals surface area contributed by atoms with Crippen molar-refractivity contribution >= 4 is 15.8 Å². The smallest absolute Gasteiger partial charge is 0.244 e. The zero-order valence-corrected chi connectivity index (χ0v) is 16.6. The summed E-state index contributed by atoms with van der Waals surface area (Å²) >= 11 is 0. The van der Waals surface area contributed by atoms with Crippen molar-refractivity contribution in [2.45, 2.75) is 11.8 Å². The Hall–Kier alpha value is -2.16. The van der Waals surface area contributed by atoms with Gasteiger partial charge in [-0.05, 0) is 38.2 Å². The monoisotopic (exact) mass is 390 g/mol. The first-order valence-corrected chi connectivity index (χ1v) is 10.5. The number of hydrogen-bond acceptors (Lipinski definition) is 6. The summed E-state index contributed by atoms with van der Waals surface area (Å²) in [5.41, 5.74) is 1.19. The van der Waals surface area contributed by atoms with E-state index in [0.29, 0.717) is 32.1 Å². The Bertz CT molecular complexity index is 830. The summed E-state index contributed by atoms with van der Waals surface area (Å²) in [6.45, 7) is 5.60. The molecule has 0 spiro atoms. The Balaban J connectivity index is 1.50. The Morgan fingerprint density at radius 2 is 1.78 bits per heavy atom. The SMILES string of the molecule is Cc1ccc(OCCNc2ccc(S(=O)(=O)N3CCN(C)CC3)cn2)cc1. The molecule has 3 rings (SSSR count). The Morgan fingerprint density at radius 1 is 1.07 bits per heavy atom. The van der Waals surface area contributed by atoms with Crippen LogP contribution in [0.15, 0.2) is 47.5 Å². The van der Waals surface area contributed by atoms with E-state index < -0.39 is 10.0 Å². The van der Waals surface area contributed by atoms with Crippen LogP contribution in [0, 0.1) is 6.92 Å². The summed E-state index contributed by atoms with van der Waals surface area (Å²) in [6.07, 6.45) is 1.41. The lowest BCUT2D eigenvalue weighted by molar-refractivity contribution is 0.222. The van der Waals surface area contributed by atoms with E-state index in [0.717, 1.165) is 18.8 Å². The summed E-state index contributed by atoms with van der Waals surface area (Å²) in [6, 6.07) is 11.2. The van der Waals surface area contributed by atoms with Gasteiger partial charge in [-0.15, -0.1) is 0 Å². The number of aromatic nitrogens is 1. The van der Waals surface area contributed by atoms with Gasteiger partial charge in [0.25, 0.3) is 0 Å². The molecule has 1 aliphatic heterocycles. The van der Waals surface area contributed by atoms with E-state index in [1.807, 2.05) is 38.2 Å². The quantitative estimate of drug-likeness (QED) is 0.727.